The average Bonchev–Trinajstić information content (AvgIpc) is 2.75. The van der Waals surface area contributed by atoms with Gasteiger partial charge in [0.25, 0.3) is 10.0 Å². The molecule has 0 saturated heterocycles. The first kappa shape index (κ1) is 22.8. The van der Waals surface area contributed by atoms with Gasteiger partial charge in [0.1, 0.15) is 23.0 Å². The van der Waals surface area contributed by atoms with Gasteiger partial charge in [-0.2, -0.15) is 0 Å². The third kappa shape index (κ3) is 5.75. The molecule has 0 amide bonds. The minimum Gasteiger partial charge on any atom is -0.496 e. The maximum Gasteiger partial charge on any atom is 0.255 e. The lowest BCUT2D eigenvalue weighted by molar-refractivity contribution is 0.374. The van der Waals surface area contributed by atoms with E-state index in [1.807, 2.05) is 0 Å². The summed E-state index contributed by atoms with van der Waals surface area (Å²) >= 11 is 0. The van der Waals surface area contributed by atoms with Gasteiger partial charge < -0.3 is 24.3 Å². The molecule has 0 aromatic heterocycles. The Morgan fingerprint density at radius 3 is 2.13 bits per heavy atom. The van der Waals surface area contributed by atoms with Crippen LogP contribution in [0.5, 0.6) is 23.0 Å². The molecule has 2 aromatic carbocycles. The van der Waals surface area contributed by atoms with Crippen LogP contribution in [0.3, 0.4) is 0 Å². The van der Waals surface area contributed by atoms with Crippen LogP contribution >= 0.6 is 0 Å². The van der Waals surface area contributed by atoms with E-state index >= 15 is 0 Å². The van der Waals surface area contributed by atoms with Crippen molar-refractivity contribution in [1.82, 2.24) is 0 Å². The lowest BCUT2D eigenvalue weighted by Crippen LogP contribution is -2.10. The summed E-state index contributed by atoms with van der Waals surface area (Å²) in [5.41, 5.74) is 1.36. The summed E-state index contributed by atoms with van der Waals surface area (Å²) in [6, 6.07) is 8.08. The van der Waals surface area contributed by atoms with Crippen LogP contribution in [0.15, 0.2) is 35.7 Å². The summed E-state index contributed by atoms with van der Waals surface area (Å²) in [7, 11) is 2.13. The Bertz CT molecular complexity index is 1030. The number of ether oxygens (including phenoxy) is 4. The van der Waals surface area contributed by atoms with Crippen molar-refractivity contribution in [2.45, 2.75) is 0 Å². The van der Waals surface area contributed by atoms with Crippen molar-refractivity contribution in [3.05, 3.63) is 41.3 Å². The van der Waals surface area contributed by atoms with Crippen LogP contribution in [0.4, 0.5) is 11.4 Å². The molecule has 2 N–H and O–H groups in total. The summed E-state index contributed by atoms with van der Waals surface area (Å²) in [5.74, 6) is 4.32. The van der Waals surface area contributed by atoms with Gasteiger partial charge in [-0.15, -0.1) is 6.42 Å². The molecule has 0 aliphatic rings. The van der Waals surface area contributed by atoms with Gasteiger partial charge in [-0.25, -0.2) is 8.42 Å². The smallest absolute Gasteiger partial charge is 0.255 e. The molecule has 0 saturated carbocycles. The van der Waals surface area contributed by atoms with Crippen LogP contribution in [0.1, 0.15) is 5.56 Å². The van der Waals surface area contributed by atoms with Crippen molar-refractivity contribution in [1.29, 1.82) is 0 Å². The highest BCUT2D eigenvalue weighted by Crippen LogP contribution is 2.35. The largest absolute Gasteiger partial charge is 0.496 e. The normalized spacial score (nSPS) is 10.9. The van der Waals surface area contributed by atoms with E-state index in [2.05, 4.69) is 16.0 Å². The van der Waals surface area contributed by atoms with E-state index in [1.54, 1.807) is 30.3 Å². The summed E-state index contributed by atoms with van der Waals surface area (Å²) < 4.78 is 48.8. The second-order valence-electron chi connectivity index (χ2n) is 5.87. The number of hydrogen-bond donors (Lipinski definition) is 2. The number of benzene rings is 2. The summed E-state index contributed by atoms with van der Waals surface area (Å²) in [6.45, 7) is 0.267. The van der Waals surface area contributed by atoms with Gasteiger partial charge in [-0.05, 0) is 24.3 Å². The Morgan fingerprint density at radius 2 is 1.60 bits per heavy atom. The van der Waals surface area contributed by atoms with E-state index in [0.29, 0.717) is 39.9 Å². The number of rotatable bonds is 10. The molecule has 0 aliphatic carbocycles. The third-order valence-electron chi connectivity index (χ3n) is 4.01. The molecule has 9 heteroatoms. The Hall–Kier alpha value is -3.51. The second kappa shape index (κ2) is 10.3. The van der Waals surface area contributed by atoms with Crippen LogP contribution in [-0.2, 0) is 10.0 Å². The topological polar surface area (TPSA) is 95.1 Å². The molecule has 0 aliphatic heterocycles. The quantitative estimate of drug-likeness (QED) is 0.557. The molecule has 0 spiro atoms. The molecule has 30 heavy (non-hydrogen) atoms. The van der Waals surface area contributed by atoms with Crippen LogP contribution in [0.2, 0.25) is 0 Å². The molecule has 0 atom stereocenters. The number of sulfonamides is 1. The van der Waals surface area contributed by atoms with Gasteiger partial charge in [0.15, 0.2) is 0 Å². The van der Waals surface area contributed by atoms with Crippen LogP contribution < -0.4 is 29.0 Å². The van der Waals surface area contributed by atoms with Crippen LogP contribution in [-0.4, -0.2) is 43.4 Å². The lowest BCUT2D eigenvalue weighted by atomic mass is 10.1. The number of hydrogen-bond acceptors (Lipinski definition) is 7. The molecule has 0 bridgehead atoms. The molecule has 160 valence electrons. The van der Waals surface area contributed by atoms with E-state index in [0.717, 1.165) is 5.41 Å². The molecular formula is C21H24N2O6S. The van der Waals surface area contributed by atoms with Crippen molar-refractivity contribution >= 4 is 27.5 Å². The highest BCUT2D eigenvalue weighted by atomic mass is 32.2. The SMILES string of the molecule is C#CCNc1cc(NS(=O)(=O)C=Cc2c(OC)cc(OC)cc2OC)ccc1OC. The first-order chi connectivity index (χ1) is 14.4. The lowest BCUT2D eigenvalue weighted by Gasteiger charge is -2.13. The zero-order chi connectivity index (χ0) is 22.1. The maximum atomic E-state index is 12.6. The molecular weight excluding hydrogens is 408 g/mol. The molecule has 0 fully saturated rings. The molecule has 8 nitrogen and oxygen atoms in total. The molecule has 0 unspecified atom stereocenters. The Balaban J connectivity index is 2.32. The zero-order valence-electron chi connectivity index (χ0n) is 17.2. The number of nitrogens with one attached hydrogen (secondary N) is 2. The standard InChI is InChI=1S/C21H24N2O6S/c1-6-10-22-18-12-15(7-8-19(18)27-3)23-30(24,25)11-9-17-20(28-4)13-16(26-2)14-21(17)29-5/h1,7-9,11-14,22-23H,10H2,2-5H3. The fourth-order valence-electron chi connectivity index (χ4n) is 2.61. The molecule has 2 aromatic rings. The number of terminal acetylenes is 1. The van der Waals surface area contributed by atoms with Crippen molar-refractivity contribution in [2.75, 3.05) is 45.0 Å². The van der Waals surface area contributed by atoms with Gasteiger partial charge in [0.2, 0.25) is 0 Å². The second-order valence-corrected chi connectivity index (χ2v) is 7.43. The third-order valence-corrected chi connectivity index (χ3v) is 5.02. The van der Waals surface area contributed by atoms with Gasteiger partial charge in [-0.3, -0.25) is 4.72 Å². The van der Waals surface area contributed by atoms with E-state index in [9.17, 15) is 8.42 Å². The highest BCUT2D eigenvalue weighted by molar-refractivity contribution is 7.95. The maximum absolute atomic E-state index is 12.6. The summed E-state index contributed by atoms with van der Waals surface area (Å²) in [4.78, 5) is 0. The fraction of sp³-hybridized carbons (Fsp3) is 0.238. The molecule has 0 radical (unpaired) electrons. The highest BCUT2D eigenvalue weighted by Gasteiger charge is 2.14. The van der Waals surface area contributed by atoms with Crippen LogP contribution in [0.25, 0.3) is 6.08 Å². The van der Waals surface area contributed by atoms with Crippen molar-refractivity contribution in [3.8, 4) is 35.3 Å². The van der Waals surface area contributed by atoms with Crippen LogP contribution in [0, 0.1) is 12.3 Å². The molecule has 0 heterocycles. The Labute approximate surface area is 176 Å². The fourth-order valence-corrected chi connectivity index (χ4v) is 3.45. The van der Waals surface area contributed by atoms with Gasteiger partial charge in [0.05, 0.1) is 57.3 Å². The summed E-state index contributed by atoms with van der Waals surface area (Å²) in [6.07, 6.45) is 6.66. The predicted molar refractivity (Wildman–Crippen MR) is 118 cm³/mol. The van der Waals surface area contributed by atoms with Crippen molar-refractivity contribution in [3.63, 3.8) is 0 Å². The predicted octanol–water partition coefficient (Wildman–Crippen LogP) is 3.18. The average molecular weight is 432 g/mol. The van der Waals surface area contributed by atoms with Gasteiger partial charge in [0, 0.05) is 12.1 Å². The van der Waals surface area contributed by atoms with Gasteiger partial charge >= 0.3 is 0 Å². The first-order valence-electron chi connectivity index (χ1n) is 8.73. The molecule has 2 rings (SSSR count). The monoisotopic (exact) mass is 432 g/mol. The number of anilines is 2. The van der Waals surface area contributed by atoms with E-state index in [-0.39, 0.29) is 6.54 Å². The Morgan fingerprint density at radius 1 is 0.967 bits per heavy atom. The van der Waals surface area contributed by atoms with Crippen molar-refractivity contribution < 1.29 is 27.4 Å². The number of methoxy groups -OCH3 is 4. The minimum absolute atomic E-state index is 0.267. The van der Waals surface area contributed by atoms with E-state index in [1.165, 1.54) is 34.5 Å². The van der Waals surface area contributed by atoms with Gasteiger partial charge in [-0.1, -0.05) is 5.92 Å². The zero-order valence-corrected chi connectivity index (χ0v) is 18.0. The Kier molecular flexibility index (Phi) is 7.83. The minimum atomic E-state index is -3.84. The van der Waals surface area contributed by atoms with E-state index < -0.39 is 10.0 Å². The summed E-state index contributed by atoms with van der Waals surface area (Å²) in [5, 5.41) is 4.01. The van der Waals surface area contributed by atoms with Crippen molar-refractivity contribution in [2.24, 2.45) is 0 Å². The first-order valence-corrected chi connectivity index (χ1v) is 10.3. The van der Waals surface area contributed by atoms with E-state index in [4.69, 9.17) is 25.4 Å².